The number of carbonyl (C=O) groups is 3. The number of aliphatic hydroxyl groups excluding tert-OH is 3. The van der Waals surface area contributed by atoms with E-state index >= 15 is 0 Å². The molecule has 1 aromatic heterocycles. The van der Waals surface area contributed by atoms with Gasteiger partial charge in [0.05, 0.1) is 6.42 Å². The van der Waals surface area contributed by atoms with Gasteiger partial charge in [-0.3, -0.25) is 9.59 Å². The van der Waals surface area contributed by atoms with Gasteiger partial charge in [-0.2, -0.15) is 4.57 Å². The SMILES string of the molecule is NC(=O)c1ccc[n+]([C@@H]2O[C@H](COC(=O)C[C@H](O)C(=O)O)[C@@H](O)[C@H]2O)c1. The standard InChI is InChI=1S/C15H18N2O9/c16-13(22)7-2-1-3-17(5-7)14-12(21)11(20)9(26-14)6-25-10(19)4-8(18)15(23)24/h1-3,5,8-9,11-12,14,18,20-21H,4,6H2,(H2-,16,22,23,24)/p+1/t8-,9+,11+,12+,14+/m0/s1. The Labute approximate surface area is 147 Å². The van der Waals surface area contributed by atoms with Crippen LogP contribution in [0.15, 0.2) is 24.5 Å². The first kappa shape index (κ1) is 19.7. The van der Waals surface area contributed by atoms with Crippen LogP contribution in [0.25, 0.3) is 0 Å². The molecule has 0 radical (unpaired) electrons. The van der Waals surface area contributed by atoms with Gasteiger partial charge in [-0.25, -0.2) is 4.79 Å². The fourth-order valence-corrected chi connectivity index (χ4v) is 2.39. The Balaban J connectivity index is 1.99. The summed E-state index contributed by atoms with van der Waals surface area (Å²) in [6, 6.07) is 2.97. The summed E-state index contributed by atoms with van der Waals surface area (Å²) in [4.78, 5) is 33.2. The van der Waals surface area contributed by atoms with E-state index in [0.29, 0.717) is 0 Å². The Morgan fingerprint density at radius 2 is 2.00 bits per heavy atom. The highest BCUT2D eigenvalue weighted by molar-refractivity contribution is 5.92. The van der Waals surface area contributed by atoms with Crippen molar-refractivity contribution in [3.63, 3.8) is 0 Å². The van der Waals surface area contributed by atoms with Crippen LogP contribution in [0.4, 0.5) is 0 Å². The molecule has 0 unspecified atom stereocenters. The highest BCUT2D eigenvalue weighted by Crippen LogP contribution is 2.25. The fourth-order valence-electron chi connectivity index (χ4n) is 2.39. The van der Waals surface area contributed by atoms with Gasteiger partial charge in [-0.05, 0) is 6.07 Å². The molecule has 2 rings (SSSR count). The second kappa shape index (κ2) is 8.19. The Morgan fingerprint density at radius 1 is 1.31 bits per heavy atom. The monoisotopic (exact) mass is 371 g/mol. The number of amides is 1. The van der Waals surface area contributed by atoms with Gasteiger partial charge in [-0.1, -0.05) is 0 Å². The number of hydrogen-bond acceptors (Lipinski definition) is 8. The van der Waals surface area contributed by atoms with E-state index in [1.807, 2.05) is 0 Å². The van der Waals surface area contributed by atoms with Gasteiger partial charge in [0.25, 0.3) is 12.1 Å². The Bertz CT molecular complexity index is 695. The first-order chi connectivity index (χ1) is 12.2. The third-order valence-corrected chi connectivity index (χ3v) is 3.79. The minimum absolute atomic E-state index is 0.162. The number of nitrogens with two attached hydrogens (primary N) is 1. The van der Waals surface area contributed by atoms with Crippen molar-refractivity contribution in [1.82, 2.24) is 0 Å². The summed E-state index contributed by atoms with van der Waals surface area (Å²) in [5.41, 5.74) is 5.35. The number of carboxylic acids is 1. The molecule has 1 aromatic rings. The van der Waals surface area contributed by atoms with Gasteiger partial charge in [0.15, 0.2) is 24.6 Å². The Kier molecular flexibility index (Phi) is 6.21. The summed E-state index contributed by atoms with van der Waals surface area (Å²) < 4.78 is 11.6. The van der Waals surface area contributed by atoms with Crippen molar-refractivity contribution in [1.29, 1.82) is 0 Å². The zero-order valence-corrected chi connectivity index (χ0v) is 13.5. The molecule has 26 heavy (non-hydrogen) atoms. The number of primary amides is 1. The van der Waals surface area contributed by atoms with Crippen molar-refractivity contribution in [3.8, 4) is 0 Å². The Hall–Kier alpha value is -2.60. The van der Waals surface area contributed by atoms with Crippen molar-refractivity contribution in [2.45, 2.75) is 37.1 Å². The third kappa shape index (κ3) is 4.52. The lowest BCUT2D eigenvalue weighted by Crippen LogP contribution is -2.46. The van der Waals surface area contributed by atoms with Gasteiger partial charge in [0.2, 0.25) is 0 Å². The van der Waals surface area contributed by atoms with Gasteiger partial charge in [0, 0.05) is 6.07 Å². The van der Waals surface area contributed by atoms with Crippen LogP contribution in [0.5, 0.6) is 0 Å². The molecule has 0 aromatic carbocycles. The molecule has 0 spiro atoms. The molecule has 11 heteroatoms. The molecule has 0 bridgehead atoms. The van der Waals surface area contributed by atoms with Crippen LogP contribution in [0, 0.1) is 0 Å². The zero-order chi connectivity index (χ0) is 19.4. The van der Waals surface area contributed by atoms with E-state index in [0.717, 1.165) is 0 Å². The van der Waals surface area contributed by atoms with Gasteiger partial charge in [0.1, 0.15) is 24.4 Å². The molecule has 1 amide bonds. The highest BCUT2D eigenvalue weighted by Gasteiger charge is 2.48. The van der Waals surface area contributed by atoms with Crippen LogP contribution >= 0.6 is 0 Å². The van der Waals surface area contributed by atoms with Crippen LogP contribution in [0.2, 0.25) is 0 Å². The molecule has 1 aliphatic heterocycles. The summed E-state index contributed by atoms with van der Waals surface area (Å²) in [7, 11) is 0. The number of carboxylic acid groups (broad SMARTS) is 1. The summed E-state index contributed by atoms with van der Waals surface area (Å²) in [6.07, 6.45) is -4.77. The van der Waals surface area contributed by atoms with E-state index in [1.165, 1.54) is 29.1 Å². The van der Waals surface area contributed by atoms with Crippen LogP contribution < -0.4 is 10.3 Å². The molecule has 1 fully saturated rings. The number of nitrogens with zero attached hydrogens (tertiary/aromatic N) is 1. The predicted molar refractivity (Wildman–Crippen MR) is 80.3 cm³/mol. The van der Waals surface area contributed by atoms with Gasteiger partial charge in [-0.15, -0.1) is 0 Å². The summed E-state index contributed by atoms with van der Waals surface area (Å²) >= 11 is 0. The van der Waals surface area contributed by atoms with Crippen molar-refractivity contribution in [3.05, 3.63) is 30.1 Å². The number of rotatable bonds is 7. The summed E-state index contributed by atoms with van der Waals surface area (Å²) in [6.45, 7) is -0.462. The lowest BCUT2D eigenvalue weighted by molar-refractivity contribution is -0.765. The fraction of sp³-hybridized carbons (Fsp3) is 0.467. The highest BCUT2D eigenvalue weighted by atomic mass is 16.6. The minimum atomic E-state index is -1.90. The first-order valence-electron chi connectivity index (χ1n) is 7.59. The third-order valence-electron chi connectivity index (χ3n) is 3.79. The van der Waals surface area contributed by atoms with Crippen molar-refractivity contribution in [2.75, 3.05) is 6.61 Å². The first-order valence-corrected chi connectivity index (χ1v) is 7.59. The van der Waals surface area contributed by atoms with Gasteiger partial charge >= 0.3 is 11.9 Å². The summed E-state index contributed by atoms with van der Waals surface area (Å²) in [5.74, 6) is -3.26. The van der Waals surface area contributed by atoms with Crippen molar-refractivity contribution in [2.24, 2.45) is 5.73 Å². The number of carbonyl (C=O) groups excluding carboxylic acids is 2. The normalized spacial score (nSPS) is 26.3. The maximum atomic E-state index is 11.5. The smallest absolute Gasteiger partial charge is 0.333 e. The van der Waals surface area contributed by atoms with E-state index in [2.05, 4.69) is 0 Å². The van der Waals surface area contributed by atoms with Crippen LogP contribution in [-0.4, -0.2) is 69.3 Å². The molecule has 0 aliphatic carbocycles. The van der Waals surface area contributed by atoms with Gasteiger partial charge < -0.3 is 35.6 Å². The molecular formula is C15H19N2O9+. The molecule has 5 atom stereocenters. The number of esters is 1. The lowest BCUT2D eigenvalue weighted by atomic mass is 10.1. The average molecular weight is 371 g/mol. The summed E-state index contributed by atoms with van der Waals surface area (Å²) in [5, 5.41) is 37.8. The predicted octanol–water partition coefficient (Wildman–Crippen LogP) is -2.93. The second-order valence-corrected chi connectivity index (χ2v) is 5.69. The number of aromatic nitrogens is 1. The zero-order valence-electron chi connectivity index (χ0n) is 13.5. The molecule has 0 saturated carbocycles. The largest absolute Gasteiger partial charge is 0.479 e. The topological polar surface area (TPSA) is 180 Å². The maximum absolute atomic E-state index is 11.5. The van der Waals surface area contributed by atoms with E-state index in [4.69, 9.17) is 25.4 Å². The van der Waals surface area contributed by atoms with Crippen molar-refractivity contribution >= 4 is 17.8 Å². The lowest BCUT2D eigenvalue weighted by Gasteiger charge is -2.14. The number of hydrogen-bond donors (Lipinski definition) is 5. The molecule has 142 valence electrons. The number of pyridine rings is 1. The Morgan fingerprint density at radius 3 is 2.62 bits per heavy atom. The second-order valence-electron chi connectivity index (χ2n) is 5.69. The minimum Gasteiger partial charge on any atom is -0.479 e. The number of ether oxygens (including phenoxy) is 2. The van der Waals surface area contributed by atoms with Crippen molar-refractivity contribution < 1.29 is 48.9 Å². The van der Waals surface area contributed by atoms with Crippen LogP contribution in [0.3, 0.4) is 0 Å². The van der Waals surface area contributed by atoms with E-state index in [9.17, 15) is 24.6 Å². The van der Waals surface area contributed by atoms with E-state index in [1.54, 1.807) is 0 Å². The molecule has 6 N–H and O–H groups in total. The number of aliphatic carboxylic acids is 1. The molecule has 2 heterocycles. The average Bonchev–Trinajstić information content (AvgIpc) is 2.88. The van der Waals surface area contributed by atoms with Crippen LogP contribution in [0.1, 0.15) is 23.0 Å². The molecular weight excluding hydrogens is 352 g/mol. The maximum Gasteiger partial charge on any atom is 0.333 e. The van der Waals surface area contributed by atoms with E-state index in [-0.39, 0.29) is 5.56 Å². The molecule has 1 saturated heterocycles. The molecule has 11 nitrogen and oxygen atoms in total. The number of aliphatic hydroxyl groups is 3. The van der Waals surface area contributed by atoms with Crippen LogP contribution in [-0.2, 0) is 19.1 Å². The molecule has 1 aliphatic rings. The quantitative estimate of drug-likeness (QED) is 0.248. The van der Waals surface area contributed by atoms with E-state index < -0.39 is 61.5 Å².